The van der Waals surface area contributed by atoms with E-state index < -0.39 is 0 Å². The molecule has 3 atom stereocenters. The molecule has 0 aromatic heterocycles. The molecule has 3 heteroatoms. The molecule has 1 fully saturated rings. The Morgan fingerprint density at radius 2 is 2.22 bits per heavy atom. The molecular weight excluding hydrogens is 242 g/mol. The van der Waals surface area contributed by atoms with E-state index in [0.717, 1.165) is 37.0 Å². The van der Waals surface area contributed by atoms with Gasteiger partial charge in [0.15, 0.2) is 0 Å². The molecule has 0 saturated heterocycles. The quantitative estimate of drug-likeness (QED) is 0.710. The molecule has 0 aliphatic heterocycles. The van der Waals surface area contributed by atoms with Crippen LogP contribution in [0.4, 0.5) is 0 Å². The molecule has 0 aromatic rings. The zero-order chi connectivity index (χ0) is 13.4. The predicted molar refractivity (Wildman–Crippen MR) is 82.3 cm³/mol. The third kappa shape index (κ3) is 5.10. The molecule has 0 spiro atoms. The summed E-state index contributed by atoms with van der Waals surface area (Å²) in [5.74, 6) is 2.10. The van der Waals surface area contributed by atoms with Gasteiger partial charge in [0.2, 0.25) is 0 Å². The Hall–Kier alpha value is 0.270. The first-order valence-corrected chi connectivity index (χ1v) is 8.68. The van der Waals surface area contributed by atoms with Crippen LogP contribution in [0.2, 0.25) is 0 Å². The molecule has 2 N–H and O–H groups in total. The lowest BCUT2D eigenvalue weighted by molar-refractivity contribution is 0.124. The second-order valence-corrected chi connectivity index (χ2v) is 7.26. The van der Waals surface area contributed by atoms with Crippen molar-refractivity contribution in [2.45, 2.75) is 70.1 Å². The van der Waals surface area contributed by atoms with Gasteiger partial charge in [-0.3, -0.25) is 0 Å². The van der Waals surface area contributed by atoms with Gasteiger partial charge in [-0.25, -0.2) is 0 Å². The smallest absolute Gasteiger partial charge is 0.0613 e. The highest BCUT2D eigenvalue weighted by molar-refractivity contribution is 7.99. The van der Waals surface area contributed by atoms with Gasteiger partial charge in [0.1, 0.15) is 0 Å². The number of hydrogen-bond acceptors (Lipinski definition) is 3. The van der Waals surface area contributed by atoms with Gasteiger partial charge in [-0.05, 0) is 43.9 Å². The van der Waals surface area contributed by atoms with E-state index in [2.05, 4.69) is 37.8 Å². The maximum Gasteiger partial charge on any atom is 0.0613 e. The third-order valence-corrected chi connectivity index (χ3v) is 5.80. The fourth-order valence-corrected chi connectivity index (χ4v) is 4.23. The Morgan fingerprint density at radius 1 is 1.44 bits per heavy atom. The zero-order valence-electron chi connectivity index (χ0n) is 12.4. The van der Waals surface area contributed by atoms with Gasteiger partial charge in [0.05, 0.1) is 6.61 Å². The summed E-state index contributed by atoms with van der Waals surface area (Å²) >= 11 is 2.13. The van der Waals surface area contributed by atoms with E-state index in [0.29, 0.717) is 6.61 Å². The Kier molecular flexibility index (Phi) is 7.66. The van der Waals surface area contributed by atoms with Gasteiger partial charge < -0.3 is 10.4 Å². The fraction of sp³-hybridized carbons (Fsp3) is 1.00. The summed E-state index contributed by atoms with van der Waals surface area (Å²) in [5.41, 5.74) is 0.0153. The molecule has 1 aliphatic carbocycles. The van der Waals surface area contributed by atoms with E-state index in [9.17, 15) is 5.11 Å². The molecule has 1 rings (SSSR count). The van der Waals surface area contributed by atoms with Crippen molar-refractivity contribution < 1.29 is 5.11 Å². The number of hydrogen-bond donors (Lipinski definition) is 2. The Morgan fingerprint density at radius 3 is 2.83 bits per heavy atom. The van der Waals surface area contributed by atoms with Crippen molar-refractivity contribution >= 4 is 11.8 Å². The van der Waals surface area contributed by atoms with Gasteiger partial charge >= 0.3 is 0 Å². The molecular formula is C15H31NOS. The van der Waals surface area contributed by atoms with Crippen LogP contribution in [0, 0.1) is 5.92 Å². The van der Waals surface area contributed by atoms with E-state index in [1.54, 1.807) is 0 Å². The Balaban J connectivity index is 2.42. The van der Waals surface area contributed by atoms with Crippen molar-refractivity contribution in [2.24, 2.45) is 5.92 Å². The molecule has 0 radical (unpaired) electrons. The zero-order valence-corrected chi connectivity index (χ0v) is 13.2. The average molecular weight is 273 g/mol. The van der Waals surface area contributed by atoms with Crippen LogP contribution >= 0.6 is 11.8 Å². The molecule has 2 nitrogen and oxygen atoms in total. The van der Waals surface area contributed by atoms with Crippen LogP contribution in [-0.2, 0) is 0 Å². The second kappa shape index (κ2) is 8.44. The number of aliphatic hydroxyl groups is 1. The molecule has 108 valence electrons. The fourth-order valence-electron chi connectivity index (χ4n) is 2.62. The Bertz CT molecular complexity index is 225. The summed E-state index contributed by atoms with van der Waals surface area (Å²) in [4.78, 5) is 0. The van der Waals surface area contributed by atoms with Crippen molar-refractivity contribution in [1.82, 2.24) is 5.32 Å². The molecule has 18 heavy (non-hydrogen) atoms. The normalized spacial score (nSPS) is 30.3. The predicted octanol–water partition coefficient (Wildman–Crippen LogP) is 3.44. The van der Waals surface area contributed by atoms with Crippen LogP contribution < -0.4 is 5.32 Å². The lowest BCUT2D eigenvalue weighted by Gasteiger charge is -2.40. The summed E-state index contributed by atoms with van der Waals surface area (Å²) in [5, 5.41) is 14.1. The number of aliphatic hydroxyl groups excluding tert-OH is 1. The van der Waals surface area contributed by atoms with E-state index in [-0.39, 0.29) is 5.54 Å². The molecule has 0 aromatic carbocycles. The highest BCUT2D eigenvalue weighted by Gasteiger charge is 2.35. The largest absolute Gasteiger partial charge is 0.394 e. The van der Waals surface area contributed by atoms with Crippen molar-refractivity contribution in [3.63, 3.8) is 0 Å². The van der Waals surface area contributed by atoms with Crippen LogP contribution in [0.5, 0.6) is 0 Å². The topological polar surface area (TPSA) is 32.3 Å². The van der Waals surface area contributed by atoms with Gasteiger partial charge in [-0.15, -0.1) is 0 Å². The molecule has 0 amide bonds. The first-order valence-electron chi connectivity index (χ1n) is 7.63. The van der Waals surface area contributed by atoms with Crippen LogP contribution in [0.25, 0.3) is 0 Å². The van der Waals surface area contributed by atoms with Gasteiger partial charge in [0, 0.05) is 10.8 Å². The van der Waals surface area contributed by atoms with Crippen LogP contribution in [0.15, 0.2) is 0 Å². The molecule has 0 heterocycles. The van der Waals surface area contributed by atoms with Crippen molar-refractivity contribution in [3.8, 4) is 0 Å². The monoisotopic (exact) mass is 273 g/mol. The standard InChI is InChI=1S/C15H31NOS/c1-4-9-16-15(12-17)8-6-7-14(10-15)18-11-13(3)5-2/h13-14,16-17H,4-12H2,1-3H3. The molecule has 3 unspecified atom stereocenters. The Labute approximate surface area is 117 Å². The van der Waals surface area contributed by atoms with Crippen LogP contribution in [0.1, 0.15) is 59.3 Å². The number of thioether (sulfide) groups is 1. The average Bonchev–Trinajstić information content (AvgIpc) is 2.43. The minimum Gasteiger partial charge on any atom is -0.394 e. The molecule has 0 bridgehead atoms. The summed E-state index contributed by atoms with van der Waals surface area (Å²) in [6.07, 6.45) is 7.30. The number of nitrogens with one attached hydrogen (secondary N) is 1. The van der Waals surface area contributed by atoms with Crippen molar-refractivity contribution in [2.75, 3.05) is 18.9 Å². The van der Waals surface area contributed by atoms with Crippen molar-refractivity contribution in [3.05, 3.63) is 0 Å². The summed E-state index contributed by atoms with van der Waals surface area (Å²) in [7, 11) is 0. The van der Waals surface area contributed by atoms with Gasteiger partial charge in [0.25, 0.3) is 0 Å². The highest BCUT2D eigenvalue weighted by atomic mass is 32.2. The van der Waals surface area contributed by atoms with E-state index in [1.807, 2.05) is 0 Å². The van der Waals surface area contributed by atoms with E-state index in [4.69, 9.17) is 0 Å². The van der Waals surface area contributed by atoms with Crippen LogP contribution in [0.3, 0.4) is 0 Å². The third-order valence-electron chi connectivity index (χ3n) is 4.17. The van der Waals surface area contributed by atoms with Crippen molar-refractivity contribution in [1.29, 1.82) is 0 Å². The SMILES string of the molecule is CCCNC1(CO)CCCC(SCC(C)CC)C1. The molecule has 1 saturated carbocycles. The highest BCUT2D eigenvalue weighted by Crippen LogP contribution is 2.35. The van der Waals surface area contributed by atoms with Crippen LogP contribution in [-0.4, -0.2) is 34.8 Å². The summed E-state index contributed by atoms with van der Waals surface area (Å²) < 4.78 is 0. The van der Waals surface area contributed by atoms with E-state index in [1.165, 1.54) is 25.0 Å². The minimum atomic E-state index is 0.0153. The molecule has 1 aliphatic rings. The maximum absolute atomic E-state index is 9.74. The summed E-state index contributed by atoms with van der Waals surface area (Å²) in [6.45, 7) is 8.13. The maximum atomic E-state index is 9.74. The van der Waals surface area contributed by atoms with Gasteiger partial charge in [-0.1, -0.05) is 33.6 Å². The number of rotatable bonds is 8. The lowest BCUT2D eigenvalue weighted by atomic mass is 9.82. The first-order chi connectivity index (χ1) is 8.65. The second-order valence-electron chi connectivity index (χ2n) is 5.93. The minimum absolute atomic E-state index is 0.0153. The van der Waals surface area contributed by atoms with Gasteiger partial charge in [-0.2, -0.15) is 11.8 Å². The first kappa shape index (κ1) is 16.3. The lowest BCUT2D eigenvalue weighted by Crippen LogP contribution is -2.52. The van der Waals surface area contributed by atoms with E-state index >= 15 is 0 Å². The summed E-state index contributed by atoms with van der Waals surface area (Å²) in [6, 6.07) is 0.